The van der Waals surface area contributed by atoms with Crippen molar-refractivity contribution in [3.8, 4) is 17.0 Å². The molecule has 5 nitrogen and oxygen atoms in total. The van der Waals surface area contributed by atoms with E-state index in [0.717, 1.165) is 6.42 Å². The quantitative estimate of drug-likeness (QED) is 0.347. The molecule has 1 aromatic heterocycles. The Kier molecular flexibility index (Phi) is 6.99. The number of ether oxygens (including phenoxy) is 1. The van der Waals surface area contributed by atoms with Crippen molar-refractivity contribution in [3.05, 3.63) is 58.8 Å². The van der Waals surface area contributed by atoms with Crippen LogP contribution in [-0.2, 0) is 0 Å². The molecule has 3 rings (SSSR count). The van der Waals surface area contributed by atoms with Gasteiger partial charge in [-0.05, 0) is 59.6 Å². The number of aromatic nitrogens is 2. The number of anilines is 3. The fourth-order valence-electron chi connectivity index (χ4n) is 2.62. The van der Waals surface area contributed by atoms with Crippen LogP contribution in [-0.4, -0.2) is 22.4 Å². The van der Waals surface area contributed by atoms with E-state index < -0.39 is 12.2 Å². The van der Waals surface area contributed by atoms with Crippen LogP contribution in [0.2, 0.25) is 0 Å². The van der Waals surface area contributed by atoms with Crippen LogP contribution in [0.1, 0.15) is 20.3 Å². The lowest BCUT2D eigenvalue weighted by molar-refractivity contribution is -0.274. The first-order valence-corrected chi connectivity index (χ1v) is 10.2. The first kappa shape index (κ1) is 22.8. The fraction of sp³-hybridized carbons (Fsp3) is 0.238. The molecule has 1 atom stereocenters. The highest BCUT2D eigenvalue weighted by Gasteiger charge is 2.31. The summed E-state index contributed by atoms with van der Waals surface area (Å²) in [6.45, 7) is 3.94. The molecule has 2 aromatic carbocycles. The van der Waals surface area contributed by atoms with E-state index in [-0.39, 0.29) is 17.7 Å². The summed E-state index contributed by atoms with van der Waals surface area (Å²) >= 11 is 3.10. The van der Waals surface area contributed by atoms with E-state index in [4.69, 9.17) is 0 Å². The molecule has 0 aliphatic carbocycles. The number of nitrogens with zero attached hydrogens (tertiary/aromatic N) is 2. The van der Waals surface area contributed by atoms with Crippen molar-refractivity contribution in [3.63, 3.8) is 0 Å². The number of hydrogen-bond acceptors (Lipinski definition) is 5. The van der Waals surface area contributed by atoms with Crippen molar-refractivity contribution in [2.24, 2.45) is 0 Å². The Hall–Kier alpha value is -2.88. The summed E-state index contributed by atoms with van der Waals surface area (Å²) in [7, 11) is 0. The van der Waals surface area contributed by atoms with E-state index in [0.29, 0.717) is 27.2 Å². The molecule has 3 aromatic rings. The van der Waals surface area contributed by atoms with E-state index in [1.807, 2.05) is 13.8 Å². The summed E-state index contributed by atoms with van der Waals surface area (Å²) in [6.07, 6.45) is -3.99. The van der Waals surface area contributed by atoms with Gasteiger partial charge in [0.2, 0.25) is 5.95 Å². The molecule has 0 bridgehead atoms. The summed E-state index contributed by atoms with van der Waals surface area (Å²) in [5.74, 6) is -0.174. The molecule has 10 heteroatoms. The lowest BCUT2D eigenvalue weighted by Gasteiger charge is -2.15. The largest absolute Gasteiger partial charge is 0.573 e. The second-order valence-corrected chi connectivity index (χ2v) is 7.60. The standard InChI is InChI=1S/C21H19BrF4N4O/c1-3-12(2)27-20-29-18(13-5-4-6-15(9-13)31-21(24,25)26)11-19(30-20)28-14-7-8-16(22)17(23)10-14/h4-12H,3H2,1-2H3,(H2,27,28,29,30)/t12-/m1/s1. The molecule has 0 spiro atoms. The molecule has 2 N–H and O–H groups in total. The van der Waals surface area contributed by atoms with Gasteiger partial charge in [-0.3, -0.25) is 0 Å². The van der Waals surface area contributed by atoms with Crippen LogP contribution >= 0.6 is 15.9 Å². The van der Waals surface area contributed by atoms with Crippen molar-refractivity contribution in [1.82, 2.24) is 9.97 Å². The second kappa shape index (κ2) is 9.51. The van der Waals surface area contributed by atoms with Gasteiger partial charge < -0.3 is 15.4 Å². The molecule has 0 amide bonds. The predicted molar refractivity (Wildman–Crippen MR) is 115 cm³/mol. The van der Waals surface area contributed by atoms with Crippen LogP contribution in [0.5, 0.6) is 5.75 Å². The Morgan fingerprint density at radius 1 is 1.10 bits per heavy atom. The summed E-state index contributed by atoms with van der Waals surface area (Å²) < 4.78 is 56.0. The summed E-state index contributed by atoms with van der Waals surface area (Å²) in [4.78, 5) is 8.82. The third kappa shape index (κ3) is 6.55. The maximum Gasteiger partial charge on any atom is 0.573 e. The van der Waals surface area contributed by atoms with Crippen molar-refractivity contribution >= 4 is 33.4 Å². The predicted octanol–water partition coefficient (Wildman–Crippen LogP) is 6.90. The van der Waals surface area contributed by atoms with Crippen molar-refractivity contribution < 1.29 is 22.3 Å². The number of alkyl halides is 3. The molecule has 0 fully saturated rings. The summed E-state index contributed by atoms with van der Waals surface area (Å²) in [6, 6.07) is 11.6. The van der Waals surface area contributed by atoms with Crippen molar-refractivity contribution in [2.75, 3.05) is 10.6 Å². The Morgan fingerprint density at radius 2 is 1.87 bits per heavy atom. The number of halogens is 5. The summed E-state index contributed by atoms with van der Waals surface area (Å²) in [5.41, 5.74) is 1.23. The molecular weight excluding hydrogens is 480 g/mol. The van der Waals surface area contributed by atoms with Gasteiger partial charge in [-0.25, -0.2) is 9.37 Å². The van der Waals surface area contributed by atoms with Gasteiger partial charge in [-0.2, -0.15) is 4.98 Å². The zero-order chi connectivity index (χ0) is 22.6. The van der Waals surface area contributed by atoms with Crippen molar-refractivity contribution in [1.29, 1.82) is 0 Å². The van der Waals surface area contributed by atoms with Gasteiger partial charge in [0.25, 0.3) is 0 Å². The molecule has 31 heavy (non-hydrogen) atoms. The van der Waals surface area contributed by atoms with Crippen molar-refractivity contribution in [2.45, 2.75) is 32.7 Å². The minimum absolute atomic E-state index is 0.0631. The molecule has 0 unspecified atom stereocenters. The van der Waals surface area contributed by atoms with Gasteiger partial charge in [0.1, 0.15) is 17.4 Å². The topological polar surface area (TPSA) is 59.1 Å². The molecule has 1 heterocycles. The number of rotatable bonds is 7. The van der Waals surface area contributed by atoms with Gasteiger partial charge in [0, 0.05) is 23.4 Å². The smallest absolute Gasteiger partial charge is 0.406 e. The Bertz CT molecular complexity index is 1060. The minimum Gasteiger partial charge on any atom is -0.406 e. The van der Waals surface area contributed by atoms with Crippen LogP contribution in [0.15, 0.2) is 53.0 Å². The number of nitrogens with one attached hydrogen (secondary N) is 2. The second-order valence-electron chi connectivity index (χ2n) is 6.75. The monoisotopic (exact) mass is 498 g/mol. The maximum absolute atomic E-state index is 13.9. The third-order valence-corrected chi connectivity index (χ3v) is 4.91. The highest BCUT2D eigenvalue weighted by Crippen LogP contribution is 2.30. The average Bonchev–Trinajstić information content (AvgIpc) is 2.69. The van der Waals surface area contributed by atoms with E-state index in [2.05, 4.69) is 41.3 Å². The normalized spacial score (nSPS) is 12.4. The average molecular weight is 499 g/mol. The first-order chi connectivity index (χ1) is 14.6. The van der Waals surface area contributed by atoms with Crippen LogP contribution in [0.25, 0.3) is 11.3 Å². The van der Waals surface area contributed by atoms with Crippen LogP contribution < -0.4 is 15.4 Å². The minimum atomic E-state index is -4.80. The number of benzene rings is 2. The SMILES string of the molecule is CC[C@@H](C)Nc1nc(Nc2ccc(Br)c(F)c2)cc(-c2cccc(OC(F)(F)F)c2)n1. The van der Waals surface area contributed by atoms with Gasteiger partial charge >= 0.3 is 6.36 Å². The van der Waals surface area contributed by atoms with Gasteiger partial charge in [0.15, 0.2) is 0 Å². The Morgan fingerprint density at radius 3 is 2.55 bits per heavy atom. The van der Waals surface area contributed by atoms with E-state index in [1.54, 1.807) is 24.3 Å². The lowest BCUT2D eigenvalue weighted by atomic mass is 10.1. The molecular formula is C21H19BrF4N4O. The molecule has 0 aliphatic heterocycles. The Balaban J connectivity index is 1.99. The molecule has 164 valence electrons. The van der Waals surface area contributed by atoms with Gasteiger partial charge in [-0.1, -0.05) is 19.1 Å². The van der Waals surface area contributed by atoms with Gasteiger partial charge in [-0.15, -0.1) is 13.2 Å². The Labute approximate surface area is 185 Å². The highest BCUT2D eigenvalue weighted by molar-refractivity contribution is 9.10. The molecule has 0 aliphatic rings. The molecule has 0 radical (unpaired) electrons. The van der Waals surface area contributed by atoms with Crippen LogP contribution in [0.3, 0.4) is 0 Å². The highest BCUT2D eigenvalue weighted by atomic mass is 79.9. The van der Waals surface area contributed by atoms with E-state index in [1.165, 1.54) is 24.3 Å². The first-order valence-electron chi connectivity index (χ1n) is 9.37. The lowest BCUT2D eigenvalue weighted by Crippen LogP contribution is -2.17. The number of hydrogen-bond donors (Lipinski definition) is 2. The third-order valence-electron chi connectivity index (χ3n) is 4.27. The van der Waals surface area contributed by atoms with Crippen LogP contribution in [0, 0.1) is 5.82 Å². The van der Waals surface area contributed by atoms with Crippen LogP contribution in [0.4, 0.5) is 35.0 Å². The zero-order valence-corrected chi connectivity index (χ0v) is 18.2. The fourth-order valence-corrected chi connectivity index (χ4v) is 2.87. The van der Waals surface area contributed by atoms with E-state index in [9.17, 15) is 17.6 Å². The van der Waals surface area contributed by atoms with Gasteiger partial charge in [0.05, 0.1) is 10.2 Å². The van der Waals surface area contributed by atoms with E-state index >= 15 is 0 Å². The maximum atomic E-state index is 13.9. The molecule has 0 saturated heterocycles. The zero-order valence-electron chi connectivity index (χ0n) is 16.6. The molecule has 0 saturated carbocycles. The summed E-state index contributed by atoms with van der Waals surface area (Å²) in [5, 5.41) is 6.15.